The first-order valence-corrected chi connectivity index (χ1v) is 5.85. The minimum atomic E-state index is -2.53. The van der Waals surface area contributed by atoms with Crippen LogP contribution < -0.4 is 0 Å². The zero-order valence-electron chi connectivity index (χ0n) is 11.0. The molecule has 0 saturated carbocycles. The van der Waals surface area contributed by atoms with E-state index in [4.69, 9.17) is 30.6 Å². The number of aliphatic carboxylic acids is 3. The first-order chi connectivity index (χ1) is 9.04. The van der Waals surface area contributed by atoms with E-state index in [9.17, 15) is 14.4 Å². The largest absolute Gasteiger partial charge is 0.481 e. The lowest BCUT2D eigenvalue weighted by Gasteiger charge is -2.15. The Morgan fingerprint density at radius 3 is 1.80 bits per heavy atom. The van der Waals surface area contributed by atoms with Crippen LogP contribution in [0.3, 0.4) is 0 Å². The summed E-state index contributed by atoms with van der Waals surface area (Å²) in [4.78, 5) is 29.5. The highest BCUT2D eigenvalue weighted by Crippen LogP contribution is 2.11. The van der Waals surface area contributed by atoms with E-state index >= 15 is 0 Å². The molecule has 1 atom stereocenters. The first kappa shape index (κ1) is 20.6. The minimum absolute atomic E-state index is 0.101. The number of carboxylic acids is 3. The summed E-state index contributed by atoms with van der Waals surface area (Å²) in [5, 5.41) is 49.9. The van der Waals surface area contributed by atoms with Crippen molar-refractivity contribution in [2.75, 3.05) is 0 Å². The van der Waals surface area contributed by atoms with Crippen molar-refractivity contribution in [1.29, 1.82) is 0 Å². The summed E-state index contributed by atoms with van der Waals surface area (Å²) in [5.41, 5.74) is 0. The molecule has 1 unspecified atom stereocenters. The Labute approximate surface area is 115 Å². The number of carbonyl (C=O) groups is 3. The van der Waals surface area contributed by atoms with Gasteiger partial charge in [0.15, 0.2) is 6.10 Å². The molecule has 0 rings (SSSR count). The number of hydrogen-bond donors (Lipinski definition) is 6. The van der Waals surface area contributed by atoms with Crippen LogP contribution in [0.5, 0.6) is 0 Å². The second kappa shape index (κ2) is 10.1. The normalized spacial score (nSPS) is 12.0. The standard InChI is InChI=1S/C7H14O4.C4H6O5/c1-2-3-4-5-7(10,11)6(8)9;5-2(4(8)9)1-3(6)7/h10-11H,2-5H2,1H3,(H,8,9);2,5H,1H2,(H,6,7)(H,8,9). The molecule has 118 valence electrons. The molecule has 20 heavy (non-hydrogen) atoms. The van der Waals surface area contributed by atoms with Gasteiger partial charge in [-0.2, -0.15) is 0 Å². The van der Waals surface area contributed by atoms with Gasteiger partial charge in [-0.1, -0.05) is 19.8 Å². The summed E-state index contributed by atoms with van der Waals surface area (Å²) in [7, 11) is 0. The fourth-order valence-electron chi connectivity index (χ4n) is 0.981. The maximum atomic E-state index is 10.1. The van der Waals surface area contributed by atoms with Crippen LogP contribution >= 0.6 is 0 Å². The van der Waals surface area contributed by atoms with E-state index in [0.717, 1.165) is 12.8 Å². The molecule has 0 aliphatic rings. The Morgan fingerprint density at radius 2 is 1.55 bits per heavy atom. The molecular weight excluding hydrogens is 276 g/mol. The average Bonchev–Trinajstić information content (AvgIpc) is 2.28. The molecule has 0 aromatic heterocycles. The Balaban J connectivity index is 0. The van der Waals surface area contributed by atoms with Crippen molar-refractivity contribution in [1.82, 2.24) is 0 Å². The molecule has 0 aliphatic carbocycles. The van der Waals surface area contributed by atoms with Gasteiger partial charge < -0.3 is 30.6 Å². The molecule has 0 heterocycles. The highest BCUT2D eigenvalue weighted by Gasteiger charge is 2.31. The van der Waals surface area contributed by atoms with E-state index in [2.05, 4.69) is 0 Å². The summed E-state index contributed by atoms with van der Waals surface area (Å²) in [6.45, 7) is 1.96. The third-order valence-electron chi connectivity index (χ3n) is 2.12. The van der Waals surface area contributed by atoms with Crippen molar-refractivity contribution in [3.05, 3.63) is 0 Å². The zero-order valence-corrected chi connectivity index (χ0v) is 11.0. The Morgan fingerprint density at radius 1 is 1.05 bits per heavy atom. The highest BCUT2D eigenvalue weighted by molar-refractivity contribution is 5.79. The first-order valence-electron chi connectivity index (χ1n) is 5.85. The Kier molecular flexibility index (Phi) is 10.4. The third kappa shape index (κ3) is 11.4. The zero-order chi connectivity index (χ0) is 16.3. The van der Waals surface area contributed by atoms with E-state index in [0.29, 0.717) is 6.42 Å². The summed E-state index contributed by atoms with van der Waals surface area (Å²) >= 11 is 0. The van der Waals surface area contributed by atoms with Gasteiger partial charge in [0.1, 0.15) is 0 Å². The lowest BCUT2D eigenvalue weighted by molar-refractivity contribution is -0.205. The molecule has 6 N–H and O–H groups in total. The quantitative estimate of drug-likeness (QED) is 0.248. The van der Waals surface area contributed by atoms with Crippen molar-refractivity contribution in [2.45, 2.75) is 50.9 Å². The summed E-state index contributed by atoms with van der Waals surface area (Å²) in [6, 6.07) is 0. The van der Waals surface area contributed by atoms with Gasteiger partial charge in [0.2, 0.25) is 0 Å². The molecule has 9 heteroatoms. The fraction of sp³-hybridized carbons (Fsp3) is 0.727. The second-order valence-corrected chi connectivity index (χ2v) is 4.03. The number of hydrogen-bond acceptors (Lipinski definition) is 6. The predicted octanol–water partition coefficient (Wildman–Crippen LogP) is -0.761. The SMILES string of the molecule is CCCCCC(O)(O)C(=O)O.O=C(O)CC(O)C(=O)O. The Bertz CT molecular complexity index is 324. The molecule has 0 fully saturated rings. The number of unbranched alkanes of at least 4 members (excludes halogenated alkanes) is 2. The smallest absolute Gasteiger partial charge is 0.364 e. The maximum absolute atomic E-state index is 10.1. The van der Waals surface area contributed by atoms with Gasteiger partial charge in [-0.3, -0.25) is 4.79 Å². The number of aliphatic hydroxyl groups excluding tert-OH is 1. The molecule has 0 saturated heterocycles. The molecule has 0 aliphatic heterocycles. The van der Waals surface area contributed by atoms with Crippen molar-refractivity contribution in [2.24, 2.45) is 0 Å². The molecule has 0 spiro atoms. The lowest BCUT2D eigenvalue weighted by atomic mass is 10.1. The van der Waals surface area contributed by atoms with Crippen LogP contribution in [-0.4, -0.2) is 60.4 Å². The molecular formula is C11H20O9. The van der Waals surface area contributed by atoms with Crippen molar-refractivity contribution in [3.8, 4) is 0 Å². The van der Waals surface area contributed by atoms with E-state index in [1.807, 2.05) is 6.92 Å². The predicted molar refractivity (Wildman–Crippen MR) is 64.8 cm³/mol. The van der Waals surface area contributed by atoms with Gasteiger partial charge >= 0.3 is 17.9 Å². The van der Waals surface area contributed by atoms with Crippen LogP contribution in [0.2, 0.25) is 0 Å². The van der Waals surface area contributed by atoms with Crippen LogP contribution in [-0.2, 0) is 14.4 Å². The highest BCUT2D eigenvalue weighted by atomic mass is 16.5. The minimum Gasteiger partial charge on any atom is -0.481 e. The number of rotatable bonds is 8. The number of carboxylic acid groups (broad SMARTS) is 3. The van der Waals surface area contributed by atoms with Gasteiger partial charge in [-0.15, -0.1) is 0 Å². The third-order valence-corrected chi connectivity index (χ3v) is 2.12. The van der Waals surface area contributed by atoms with Gasteiger partial charge in [-0.25, -0.2) is 9.59 Å². The van der Waals surface area contributed by atoms with Crippen molar-refractivity contribution < 1.29 is 45.0 Å². The van der Waals surface area contributed by atoms with Gasteiger partial charge in [0.05, 0.1) is 6.42 Å². The van der Waals surface area contributed by atoms with Gasteiger partial charge in [-0.05, 0) is 6.42 Å². The molecule has 0 amide bonds. The summed E-state index contributed by atoms with van der Waals surface area (Å²) in [6.07, 6.45) is -0.379. The summed E-state index contributed by atoms with van der Waals surface area (Å²) < 4.78 is 0. The summed E-state index contributed by atoms with van der Waals surface area (Å²) in [5.74, 6) is -6.95. The topological polar surface area (TPSA) is 173 Å². The van der Waals surface area contributed by atoms with E-state index < -0.39 is 36.2 Å². The van der Waals surface area contributed by atoms with Crippen molar-refractivity contribution in [3.63, 3.8) is 0 Å². The molecule has 0 bridgehead atoms. The lowest BCUT2D eigenvalue weighted by Crippen LogP contribution is -2.37. The van der Waals surface area contributed by atoms with Gasteiger partial charge in [0.25, 0.3) is 5.79 Å². The average molecular weight is 296 g/mol. The van der Waals surface area contributed by atoms with Gasteiger partial charge in [0, 0.05) is 6.42 Å². The second-order valence-electron chi connectivity index (χ2n) is 4.03. The monoisotopic (exact) mass is 296 g/mol. The fourth-order valence-corrected chi connectivity index (χ4v) is 0.981. The van der Waals surface area contributed by atoms with Crippen molar-refractivity contribution >= 4 is 17.9 Å². The molecule has 0 aromatic rings. The van der Waals surface area contributed by atoms with E-state index in [1.165, 1.54) is 0 Å². The molecule has 0 radical (unpaired) electrons. The molecule has 0 aromatic carbocycles. The van der Waals surface area contributed by atoms with E-state index in [-0.39, 0.29) is 6.42 Å². The van der Waals surface area contributed by atoms with Crippen LogP contribution in [0.4, 0.5) is 0 Å². The van der Waals surface area contributed by atoms with Crippen LogP contribution in [0.15, 0.2) is 0 Å². The Hall–Kier alpha value is -1.71. The molecule has 9 nitrogen and oxygen atoms in total. The van der Waals surface area contributed by atoms with E-state index in [1.54, 1.807) is 0 Å². The number of aliphatic hydroxyl groups is 3. The van der Waals surface area contributed by atoms with Crippen LogP contribution in [0.1, 0.15) is 39.0 Å². The maximum Gasteiger partial charge on any atom is 0.364 e. The van der Waals surface area contributed by atoms with Crippen LogP contribution in [0, 0.1) is 0 Å². The van der Waals surface area contributed by atoms with Crippen LogP contribution in [0.25, 0.3) is 0 Å².